The second-order valence-corrected chi connectivity index (χ2v) is 10.9. The van der Waals surface area contributed by atoms with E-state index < -0.39 is 35.2 Å². The van der Waals surface area contributed by atoms with E-state index in [4.69, 9.17) is 9.47 Å². The normalized spacial score (nSPS) is 16.4. The molecule has 2 unspecified atom stereocenters. The molecule has 1 amide bonds. The Balaban J connectivity index is 1.79. The standard InChI is InChI=1S/C32H44N2O5/c1-5-32(2,3)29(35)30(36)34-21-10-9-17-27(34)31(37)39-28(19-18-24-13-7-6-8-14-24)25-15-11-16-26(23-25)38-22-12-20-33-4/h6-8,11,13-16,23,27-28,33H,5,9-10,12,17-22H2,1-4H3. The van der Waals surface area contributed by atoms with Gasteiger partial charge in [-0.25, -0.2) is 4.79 Å². The Bertz CT molecular complexity index is 1080. The molecule has 3 rings (SSSR count). The molecule has 1 heterocycles. The van der Waals surface area contributed by atoms with Gasteiger partial charge in [0.2, 0.25) is 5.78 Å². The van der Waals surface area contributed by atoms with Gasteiger partial charge in [0.05, 0.1) is 6.61 Å². The molecule has 0 radical (unpaired) electrons. The maximum absolute atomic E-state index is 13.6. The predicted molar refractivity (Wildman–Crippen MR) is 153 cm³/mol. The van der Waals surface area contributed by atoms with Crippen molar-refractivity contribution in [1.29, 1.82) is 0 Å². The molecule has 39 heavy (non-hydrogen) atoms. The number of benzene rings is 2. The number of ether oxygens (including phenoxy) is 2. The van der Waals surface area contributed by atoms with Gasteiger partial charge in [0.25, 0.3) is 5.91 Å². The second-order valence-electron chi connectivity index (χ2n) is 10.9. The highest BCUT2D eigenvalue weighted by Gasteiger charge is 2.41. The van der Waals surface area contributed by atoms with Crippen LogP contribution in [-0.4, -0.2) is 55.3 Å². The highest BCUT2D eigenvalue weighted by molar-refractivity contribution is 6.38. The Morgan fingerprint density at radius 1 is 1.08 bits per heavy atom. The Morgan fingerprint density at radius 2 is 1.85 bits per heavy atom. The molecule has 2 aromatic carbocycles. The maximum atomic E-state index is 13.6. The van der Waals surface area contributed by atoms with E-state index >= 15 is 0 Å². The van der Waals surface area contributed by atoms with Gasteiger partial charge < -0.3 is 19.7 Å². The first-order valence-corrected chi connectivity index (χ1v) is 14.2. The molecule has 7 heteroatoms. The molecule has 1 saturated heterocycles. The van der Waals surface area contributed by atoms with Crippen molar-refractivity contribution in [3.63, 3.8) is 0 Å². The number of esters is 1. The summed E-state index contributed by atoms with van der Waals surface area (Å²) >= 11 is 0. The van der Waals surface area contributed by atoms with Gasteiger partial charge >= 0.3 is 5.97 Å². The quantitative estimate of drug-likeness (QED) is 0.201. The summed E-state index contributed by atoms with van der Waals surface area (Å²) in [5.41, 5.74) is 1.23. The third kappa shape index (κ3) is 8.65. The number of nitrogens with one attached hydrogen (secondary N) is 1. The monoisotopic (exact) mass is 536 g/mol. The summed E-state index contributed by atoms with van der Waals surface area (Å²) < 4.78 is 12.1. The van der Waals surface area contributed by atoms with Crippen LogP contribution >= 0.6 is 0 Å². The average Bonchev–Trinajstić information content (AvgIpc) is 2.97. The summed E-state index contributed by atoms with van der Waals surface area (Å²) in [7, 11) is 1.91. The Labute approximate surface area is 233 Å². The number of rotatable bonds is 14. The molecule has 0 spiro atoms. The van der Waals surface area contributed by atoms with Gasteiger partial charge in [0, 0.05) is 12.0 Å². The lowest BCUT2D eigenvalue weighted by molar-refractivity contribution is -0.164. The van der Waals surface area contributed by atoms with Crippen LogP contribution in [0.3, 0.4) is 0 Å². The summed E-state index contributed by atoms with van der Waals surface area (Å²) in [6.07, 6.45) is 4.29. The zero-order valence-corrected chi connectivity index (χ0v) is 23.9. The van der Waals surface area contributed by atoms with Crippen LogP contribution in [0.5, 0.6) is 5.75 Å². The number of nitrogens with zero attached hydrogens (tertiary/aromatic N) is 1. The first-order chi connectivity index (χ1) is 18.8. The number of carbonyl (C=O) groups is 3. The highest BCUT2D eigenvalue weighted by Crippen LogP contribution is 2.30. The average molecular weight is 537 g/mol. The van der Waals surface area contributed by atoms with Crippen molar-refractivity contribution in [2.45, 2.75) is 77.9 Å². The number of hydrogen-bond acceptors (Lipinski definition) is 6. The van der Waals surface area contributed by atoms with E-state index in [1.165, 1.54) is 4.90 Å². The molecular formula is C32H44N2O5. The third-order valence-corrected chi connectivity index (χ3v) is 7.59. The number of piperidine rings is 1. The number of aryl methyl sites for hydroxylation is 1. The summed E-state index contributed by atoms with van der Waals surface area (Å²) in [6, 6.07) is 17.0. The minimum atomic E-state index is -0.769. The van der Waals surface area contributed by atoms with Crippen LogP contribution < -0.4 is 10.1 Å². The number of Topliss-reactive ketones (excluding diaryl/α,β-unsaturated/α-hetero) is 1. The molecular weight excluding hydrogens is 492 g/mol. The highest BCUT2D eigenvalue weighted by atomic mass is 16.5. The molecule has 1 fully saturated rings. The lowest BCUT2D eigenvalue weighted by Crippen LogP contribution is -2.53. The summed E-state index contributed by atoms with van der Waals surface area (Å²) in [4.78, 5) is 41.3. The minimum Gasteiger partial charge on any atom is -0.494 e. The van der Waals surface area contributed by atoms with E-state index in [0.29, 0.717) is 32.4 Å². The van der Waals surface area contributed by atoms with Gasteiger partial charge in [-0.1, -0.05) is 63.2 Å². The third-order valence-electron chi connectivity index (χ3n) is 7.59. The number of amides is 1. The van der Waals surface area contributed by atoms with Crippen LogP contribution in [0, 0.1) is 5.41 Å². The fourth-order valence-corrected chi connectivity index (χ4v) is 4.70. The lowest BCUT2D eigenvalue weighted by Gasteiger charge is -2.36. The van der Waals surface area contributed by atoms with Crippen molar-refractivity contribution in [3.8, 4) is 5.75 Å². The van der Waals surface area contributed by atoms with Gasteiger partial charge in [0.15, 0.2) is 0 Å². The fraction of sp³-hybridized carbons (Fsp3) is 0.531. The van der Waals surface area contributed by atoms with E-state index in [0.717, 1.165) is 49.1 Å². The molecule has 2 aromatic rings. The lowest BCUT2D eigenvalue weighted by atomic mass is 9.84. The van der Waals surface area contributed by atoms with Crippen LogP contribution in [0.1, 0.15) is 76.5 Å². The molecule has 1 aliphatic heterocycles. The van der Waals surface area contributed by atoms with Crippen LogP contribution in [0.25, 0.3) is 0 Å². The van der Waals surface area contributed by atoms with E-state index in [1.54, 1.807) is 13.8 Å². The molecule has 0 aliphatic carbocycles. The molecule has 0 saturated carbocycles. The van der Waals surface area contributed by atoms with Gasteiger partial charge in [-0.05, 0) is 81.8 Å². The van der Waals surface area contributed by atoms with Crippen LogP contribution in [0.2, 0.25) is 0 Å². The van der Waals surface area contributed by atoms with Gasteiger partial charge in [-0.2, -0.15) is 0 Å². The number of ketones is 1. The van der Waals surface area contributed by atoms with Crippen LogP contribution in [0.4, 0.5) is 0 Å². The number of likely N-dealkylation sites (tertiary alicyclic amines) is 1. The largest absolute Gasteiger partial charge is 0.494 e. The summed E-state index contributed by atoms with van der Waals surface area (Å²) in [5, 5.41) is 3.11. The SMILES string of the molecule is CCC(C)(C)C(=O)C(=O)N1CCCCC1C(=O)OC(CCc1ccccc1)c1cccc(OCCCNC)c1. The predicted octanol–water partition coefficient (Wildman–Crippen LogP) is 5.28. The van der Waals surface area contributed by atoms with Gasteiger partial charge in [-0.3, -0.25) is 9.59 Å². The molecule has 7 nitrogen and oxygen atoms in total. The molecule has 1 N–H and O–H groups in total. The van der Waals surface area contributed by atoms with E-state index in [9.17, 15) is 14.4 Å². The number of hydrogen-bond donors (Lipinski definition) is 1. The van der Waals surface area contributed by atoms with E-state index in [-0.39, 0.29) is 0 Å². The van der Waals surface area contributed by atoms with E-state index in [1.807, 2.05) is 56.4 Å². The molecule has 1 aliphatic rings. The van der Waals surface area contributed by atoms with Crippen LogP contribution in [0.15, 0.2) is 54.6 Å². The molecule has 2 atom stereocenters. The smallest absolute Gasteiger partial charge is 0.329 e. The van der Waals surface area contributed by atoms with Crippen molar-refractivity contribution in [1.82, 2.24) is 10.2 Å². The zero-order valence-electron chi connectivity index (χ0n) is 23.9. The summed E-state index contributed by atoms with van der Waals surface area (Å²) in [5.74, 6) is -0.760. The van der Waals surface area contributed by atoms with E-state index in [2.05, 4.69) is 17.4 Å². The van der Waals surface area contributed by atoms with Crippen molar-refractivity contribution < 1.29 is 23.9 Å². The maximum Gasteiger partial charge on any atom is 0.329 e. The van der Waals surface area contributed by atoms with Crippen molar-refractivity contribution in [3.05, 3.63) is 65.7 Å². The minimum absolute atomic E-state index is 0.384. The first kappa shape index (κ1) is 30.4. The fourth-order valence-electron chi connectivity index (χ4n) is 4.70. The topological polar surface area (TPSA) is 84.9 Å². The Hall–Kier alpha value is -3.19. The van der Waals surface area contributed by atoms with Crippen molar-refractivity contribution in [2.75, 3.05) is 26.7 Å². The van der Waals surface area contributed by atoms with Gasteiger partial charge in [0.1, 0.15) is 17.9 Å². The van der Waals surface area contributed by atoms with Crippen molar-refractivity contribution >= 4 is 17.7 Å². The number of carbonyl (C=O) groups excluding carboxylic acids is 3. The molecule has 0 aromatic heterocycles. The first-order valence-electron chi connectivity index (χ1n) is 14.2. The summed E-state index contributed by atoms with van der Waals surface area (Å²) in [6.45, 7) is 7.28. The molecule has 212 valence electrons. The Morgan fingerprint density at radius 3 is 2.56 bits per heavy atom. The zero-order chi connectivity index (χ0) is 28.3. The second kappa shape index (κ2) is 14.8. The Kier molecular flexibility index (Phi) is 11.5. The van der Waals surface area contributed by atoms with Crippen LogP contribution in [-0.2, 0) is 25.5 Å². The van der Waals surface area contributed by atoms with Crippen molar-refractivity contribution in [2.24, 2.45) is 5.41 Å². The molecule has 0 bridgehead atoms. The van der Waals surface area contributed by atoms with Gasteiger partial charge in [-0.15, -0.1) is 0 Å².